The lowest BCUT2D eigenvalue weighted by Gasteiger charge is -2.15. The van der Waals surface area contributed by atoms with Gasteiger partial charge in [0.2, 0.25) is 5.91 Å². The normalized spacial score (nSPS) is 10.6. The van der Waals surface area contributed by atoms with E-state index < -0.39 is 0 Å². The van der Waals surface area contributed by atoms with Crippen molar-refractivity contribution in [3.63, 3.8) is 0 Å². The minimum absolute atomic E-state index is 0.0179. The van der Waals surface area contributed by atoms with Gasteiger partial charge in [0.15, 0.2) is 5.78 Å². The first-order chi connectivity index (χ1) is 8.04. The molecule has 1 rings (SSSR count). The molecular weight excluding hydrogens is 218 g/mol. The van der Waals surface area contributed by atoms with Crippen molar-refractivity contribution in [3.8, 4) is 0 Å². The fourth-order valence-electron chi connectivity index (χ4n) is 1.63. The Morgan fingerprint density at radius 2 is 2.12 bits per heavy atom. The van der Waals surface area contributed by atoms with Crippen LogP contribution in [0.5, 0.6) is 0 Å². The molecule has 0 saturated carbocycles. The number of nitrogens with one attached hydrogen (secondary N) is 1. The smallest absolute Gasteiger partial charge is 0.234 e. The van der Waals surface area contributed by atoms with Crippen LogP contribution in [0.1, 0.15) is 17.4 Å². The Bertz CT molecular complexity index is 398. The van der Waals surface area contributed by atoms with Crippen LogP contribution in [-0.4, -0.2) is 47.8 Å². The Morgan fingerprint density at radius 3 is 2.65 bits per heavy atom. The number of ketones is 1. The van der Waals surface area contributed by atoms with Crippen LogP contribution in [0.2, 0.25) is 0 Å². The average Bonchev–Trinajstić information content (AvgIpc) is 2.64. The molecule has 0 radical (unpaired) electrons. The number of hydrogen-bond acceptors (Lipinski definition) is 3. The van der Waals surface area contributed by atoms with Crippen molar-refractivity contribution in [1.82, 2.24) is 14.8 Å². The van der Waals surface area contributed by atoms with Gasteiger partial charge in [-0.15, -0.1) is 0 Å². The molecule has 1 heterocycles. The molecule has 0 unspecified atom stereocenters. The summed E-state index contributed by atoms with van der Waals surface area (Å²) in [6.07, 6.45) is 1.83. The summed E-state index contributed by atoms with van der Waals surface area (Å²) in [7, 11) is 3.59. The highest BCUT2D eigenvalue weighted by molar-refractivity contribution is 5.96. The lowest BCUT2D eigenvalue weighted by atomic mass is 10.2. The average molecular weight is 237 g/mol. The number of nitrogens with zero attached hydrogens (tertiary/aromatic N) is 2. The third-order valence-electron chi connectivity index (χ3n) is 2.43. The molecule has 0 aliphatic rings. The zero-order chi connectivity index (χ0) is 12.8. The summed E-state index contributed by atoms with van der Waals surface area (Å²) in [6, 6.07) is 3.61. The highest BCUT2D eigenvalue weighted by atomic mass is 16.2. The molecule has 0 fully saturated rings. The second-order valence-electron chi connectivity index (χ2n) is 4.05. The molecule has 0 atom stereocenters. The number of likely N-dealkylation sites (N-methyl/N-ethyl adjacent to an activating group) is 2. The third kappa shape index (κ3) is 4.03. The van der Waals surface area contributed by atoms with Gasteiger partial charge >= 0.3 is 0 Å². The molecule has 0 aliphatic heterocycles. The molecule has 17 heavy (non-hydrogen) atoms. The van der Waals surface area contributed by atoms with Gasteiger partial charge in [0.1, 0.15) is 0 Å². The van der Waals surface area contributed by atoms with Crippen molar-refractivity contribution in [3.05, 3.63) is 24.0 Å². The van der Waals surface area contributed by atoms with Crippen molar-refractivity contribution in [2.45, 2.75) is 6.92 Å². The molecular formula is C12H19N3O2. The lowest BCUT2D eigenvalue weighted by molar-refractivity contribution is -0.121. The van der Waals surface area contributed by atoms with E-state index in [1.165, 1.54) is 0 Å². The van der Waals surface area contributed by atoms with E-state index in [2.05, 4.69) is 5.32 Å². The molecule has 0 spiro atoms. The Balaban J connectivity index is 2.46. The number of aryl methyl sites for hydroxylation is 1. The fraction of sp³-hybridized carbons (Fsp3) is 0.500. The van der Waals surface area contributed by atoms with Gasteiger partial charge in [-0.3, -0.25) is 14.5 Å². The molecule has 5 heteroatoms. The largest absolute Gasteiger partial charge is 0.355 e. The quantitative estimate of drug-likeness (QED) is 0.723. The second kappa shape index (κ2) is 6.20. The van der Waals surface area contributed by atoms with Crippen LogP contribution in [0, 0.1) is 0 Å². The summed E-state index contributed by atoms with van der Waals surface area (Å²) < 4.78 is 1.78. The number of Topliss-reactive ketones (excluding diaryl/α,β-unsaturated/α-hetero) is 1. The summed E-state index contributed by atoms with van der Waals surface area (Å²) in [5.74, 6) is -0.0426. The molecule has 0 aliphatic carbocycles. The van der Waals surface area contributed by atoms with Gasteiger partial charge in [-0.1, -0.05) is 0 Å². The topological polar surface area (TPSA) is 54.3 Å². The Morgan fingerprint density at radius 1 is 1.41 bits per heavy atom. The van der Waals surface area contributed by atoms with E-state index in [0.29, 0.717) is 12.2 Å². The second-order valence-corrected chi connectivity index (χ2v) is 4.05. The number of carbonyl (C=O) groups is 2. The first kappa shape index (κ1) is 13.4. The maximum absolute atomic E-state index is 11.9. The maximum atomic E-state index is 11.9. The van der Waals surface area contributed by atoms with E-state index in [9.17, 15) is 9.59 Å². The van der Waals surface area contributed by atoms with Gasteiger partial charge < -0.3 is 9.88 Å². The first-order valence-electron chi connectivity index (χ1n) is 5.64. The monoisotopic (exact) mass is 237 g/mol. The molecule has 0 saturated heterocycles. The molecule has 0 aromatic carbocycles. The van der Waals surface area contributed by atoms with Crippen LogP contribution < -0.4 is 5.32 Å². The molecule has 5 nitrogen and oxygen atoms in total. The van der Waals surface area contributed by atoms with Gasteiger partial charge in [0.05, 0.1) is 18.8 Å². The SMILES string of the molecule is CCNC(=O)CN(C)CC(=O)c1cccn1C. The summed E-state index contributed by atoms with van der Waals surface area (Å²) in [5.41, 5.74) is 0.660. The summed E-state index contributed by atoms with van der Waals surface area (Å²) in [4.78, 5) is 24.9. The Labute approximate surface area is 101 Å². The van der Waals surface area contributed by atoms with Crippen LogP contribution in [0.15, 0.2) is 18.3 Å². The van der Waals surface area contributed by atoms with Crippen molar-refractivity contribution >= 4 is 11.7 Å². The third-order valence-corrected chi connectivity index (χ3v) is 2.43. The van der Waals surface area contributed by atoms with Crippen LogP contribution in [-0.2, 0) is 11.8 Å². The minimum atomic E-state index is -0.0605. The van der Waals surface area contributed by atoms with Gasteiger partial charge in [-0.2, -0.15) is 0 Å². The number of rotatable bonds is 6. The van der Waals surface area contributed by atoms with Crippen LogP contribution >= 0.6 is 0 Å². The van der Waals surface area contributed by atoms with E-state index in [1.54, 1.807) is 22.6 Å². The number of hydrogen-bond donors (Lipinski definition) is 1. The standard InChI is InChI=1S/C12H19N3O2/c1-4-13-12(17)9-14(2)8-11(16)10-6-5-7-15(10)3/h5-7H,4,8-9H2,1-3H3,(H,13,17). The lowest BCUT2D eigenvalue weighted by Crippen LogP contribution is -2.37. The van der Waals surface area contributed by atoms with Gasteiger partial charge in [0.25, 0.3) is 0 Å². The van der Waals surface area contributed by atoms with Crippen LogP contribution in [0.25, 0.3) is 0 Å². The van der Waals surface area contributed by atoms with E-state index in [4.69, 9.17) is 0 Å². The Hall–Kier alpha value is -1.62. The number of carbonyl (C=O) groups excluding carboxylic acids is 2. The summed E-state index contributed by atoms with van der Waals surface area (Å²) >= 11 is 0. The maximum Gasteiger partial charge on any atom is 0.234 e. The van der Waals surface area contributed by atoms with E-state index in [0.717, 1.165) is 0 Å². The predicted molar refractivity (Wildman–Crippen MR) is 65.9 cm³/mol. The summed E-state index contributed by atoms with van der Waals surface area (Å²) in [6.45, 7) is 2.96. The van der Waals surface area contributed by atoms with Crippen LogP contribution in [0.3, 0.4) is 0 Å². The molecule has 0 bridgehead atoms. The van der Waals surface area contributed by atoms with Crippen molar-refractivity contribution in [1.29, 1.82) is 0 Å². The molecule has 1 amide bonds. The number of amides is 1. The van der Waals surface area contributed by atoms with Gasteiger partial charge in [-0.05, 0) is 26.1 Å². The highest BCUT2D eigenvalue weighted by Crippen LogP contribution is 2.01. The van der Waals surface area contributed by atoms with E-state index in [-0.39, 0.29) is 24.8 Å². The zero-order valence-electron chi connectivity index (χ0n) is 10.6. The highest BCUT2D eigenvalue weighted by Gasteiger charge is 2.13. The Kier molecular flexibility index (Phi) is 4.90. The van der Waals surface area contributed by atoms with E-state index >= 15 is 0 Å². The minimum Gasteiger partial charge on any atom is -0.355 e. The van der Waals surface area contributed by atoms with E-state index in [1.807, 2.05) is 26.2 Å². The van der Waals surface area contributed by atoms with Crippen molar-refractivity contribution in [2.24, 2.45) is 7.05 Å². The molecule has 1 N–H and O–H groups in total. The predicted octanol–water partition coefficient (Wildman–Crippen LogP) is 0.276. The first-order valence-corrected chi connectivity index (χ1v) is 5.64. The zero-order valence-corrected chi connectivity index (χ0v) is 10.6. The fourth-order valence-corrected chi connectivity index (χ4v) is 1.63. The molecule has 1 aromatic heterocycles. The van der Waals surface area contributed by atoms with Crippen molar-refractivity contribution < 1.29 is 9.59 Å². The van der Waals surface area contributed by atoms with Crippen molar-refractivity contribution in [2.75, 3.05) is 26.7 Å². The number of aromatic nitrogens is 1. The van der Waals surface area contributed by atoms with Gasteiger partial charge in [0, 0.05) is 19.8 Å². The summed E-state index contributed by atoms with van der Waals surface area (Å²) in [5, 5.41) is 2.70. The van der Waals surface area contributed by atoms with Crippen LogP contribution in [0.4, 0.5) is 0 Å². The molecule has 94 valence electrons. The molecule has 1 aromatic rings. The van der Waals surface area contributed by atoms with Gasteiger partial charge in [-0.25, -0.2) is 0 Å².